The highest BCUT2D eigenvalue weighted by molar-refractivity contribution is 8.01. The van der Waals surface area contributed by atoms with Crippen LogP contribution in [0, 0.1) is 0 Å². The first-order chi connectivity index (χ1) is 30.7. The fraction of sp³-hybridized carbons (Fsp3) is 0.383. The van der Waals surface area contributed by atoms with E-state index in [1.165, 1.54) is 23.5 Å². The minimum absolute atomic E-state index is 0.0252. The Bertz CT molecular complexity index is 2060. The summed E-state index contributed by atoms with van der Waals surface area (Å²) in [6.07, 6.45) is 1.66. The van der Waals surface area contributed by atoms with Crippen LogP contribution in [0.3, 0.4) is 0 Å². The van der Waals surface area contributed by atoms with Gasteiger partial charge in [-0.2, -0.15) is 0 Å². The van der Waals surface area contributed by atoms with E-state index in [0.717, 1.165) is 16.7 Å². The van der Waals surface area contributed by atoms with Crippen molar-refractivity contribution in [1.29, 1.82) is 0 Å². The van der Waals surface area contributed by atoms with E-state index in [2.05, 4.69) is 47.5 Å². The summed E-state index contributed by atoms with van der Waals surface area (Å²) in [4.78, 5) is 85.6. The van der Waals surface area contributed by atoms with Gasteiger partial charge in [0.2, 0.25) is 35.4 Å². The number of nitrogens with one attached hydrogen (secondary N) is 8. The third-order valence-corrected chi connectivity index (χ3v) is 13.9. The molecule has 17 heteroatoms. The van der Waals surface area contributed by atoms with Crippen molar-refractivity contribution >= 4 is 59.0 Å². The molecule has 8 N–H and O–H groups in total. The van der Waals surface area contributed by atoms with Gasteiger partial charge in [-0.05, 0) is 56.5 Å². The lowest BCUT2D eigenvalue weighted by molar-refractivity contribution is -0.129. The van der Waals surface area contributed by atoms with Gasteiger partial charge >= 0.3 is 0 Å². The van der Waals surface area contributed by atoms with Gasteiger partial charge in [0.1, 0.15) is 24.2 Å². The fourth-order valence-corrected chi connectivity index (χ4v) is 10.5. The van der Waals surface area contributed by atoms with E-state index in [9.17, 15) is 28.8 Å². The van der Waals surface area contributed by atoms with Crippen LogP contribution in [-0.2, 0) is 54.7 Å². The van der Waals surface area contributed by atoms with E-state index >= 15 is 0 Å². The zero-order chi connectivity index (χ0) is 45.7. The van der Waals surface area contributed by atoms with Crippen LogP contribution in [0.2, 0.25) is 0 Å². The van der Waals surface area contributed by atoms with E-state index in [0.29, 0.717) is 5.69 Å². The Morgan fingerprint density at radius 2 is 0.953 bits per heavy atom. The third kappa shape index (κ3) is 13.4. The lowest BCUT2D eigenvalue weighted by Gasteiger charge is -2.25. The number of pyridine rings is 1. The molecule has 0 radical (unpaired) electrons. The predicted molar refractivity (Wildman–Crippen MR) is 249 cm³/mol. The van der Waals surface area contributed by atoms with Crippen LogP contribution in [0.5, 0.6) is 0 Å². The molecule has 2 aliphatic rings. The molecule has 4 aromatic rings. The Balaban J connectivity index is 1.04. The maximum atomic E-state index is 13.7. The van der Waals surface area contributed by atoms with E-state index in [4.69, 9.17) is 0 Å². The monoisotopic (exact) mass is 907 g/mol. The summed E-state index contributed by atoms with van der Waals surface area (Å²) in [5, 5.41) is 22.8. The average Bonchev–Trinajstić information content (AvgIpc) is 3.79. The molecule has 3 aromatic carbocycles. The molecule has 0 saturated carbocycles. The molecule has 0 bridgehead atoms. The Kier molecular flexibility index (Phi) is 16.6. The normalized spacial score (nSPS) is 20.5. The van der Waals surface area contributed by atoms with Gasteiger partial charge in [0.05, 0.1) is 23.6 Å². The molecular formula is C47H57N9O6S2. The first-order valence-electron chi connectivity index (χ1n) is 21.3. The highest BCUT2D eigenvalue weighted by Crippen LogP contribution is 2.40. The summed E-state index contributed by atoms with van der Waals surface area (Å²) < 4.78 is -1.37. The number of rotatable bonds is 19. The highest BCUT2D eigenvalue weighted by Gasteiger charge is 2.50. The second-order valence-corrected chi connectivity index (χ2v) is 20.3. The number of nitrogens with zero attached hydrogens (tertiary/aromatic N) is 1. The highest BCUT2D eigenvalue weighted by atomic mass is 32.2. The Hall–Kier alpha value is -5.75. The van der Waals surface area contributed by atoms with Crippen molar-refractivity contribution in [3.63, 3.8) is 0 Å². The molecule has 0 spiro atoms. The maximum absolute atomic E-state index is 13.7. The number of carbonyl (C=O) groups is 6. The van der Waals surface area contributed by atoms with Crippen LogP contribution >= 0.6 is 23.5 Å². The quantitative estimate of drug-likeness (QED) is 0.0641. The summed E-state index contributed by atoms with van der Waals surface area (Å²) in [5.74, 6) is -2.16. The van der Waals surface area contributed by atoms with Gasteiger partial charge in [-0.1, -0.05) is 97.1 Å². The molecule has 338 valence electrons. The molecule has 2 saturated heterocycles. The van der Waals surface area contributed by atoms with Crippen molar-refractivity contribution in [2.75, 3.05) is 13.1 Å². The van der Waals surface area contributed by atoms with Gasteiger partial charge in [-0.25, -0.2) is 0 Å². The predicted octanol–water partition coefficient (Wildman–Crippen LogP) is 2.32. The summed E-state index contributed by atoms with van der Waals surface area (Å²) in [6, 6.07) is 29.9. The van der Waals surface area contributed by atoms with Crippen LogP contribution in [0.15, 0.2) is 115 Å². The number of aromatic nitrogens is 1. The number of hydrogen-bond donors (Lipinski definition) is 8. The van der Waals surface area contributed by atoms with Gasteiger partial charge < -0.3 is 31.9 Å². The van der Waals surface area contributed by atoms with E-state index in [-0.39, 0.29) is 68.6 Å². The fourth-order valence-electron chi connectivity index (χ4n) is 7.52. The van der Waals surface area contributed by atoms with Crippen molar-refractivity contribution in [1.82, 2.24) is 47.5 Å². The number of benzene rings is 3. The van der Waals surface area contributed by atoms with Crippen molar-refractivity contribution in [3.05, 3.63) is 138 Å². The van der Waals surface area contributed by atoms with Crippen LogP contribution in [0.4, 0.5) is 0 Å². The summed E-state index contributed by atoms with van der Waals surface area (Å²) in [7, 11) is 0. The minimum Gasteiger partial charge on any atom is -0.353 e. The number of thioether (sulfide) groups is 2. The van der Waals surface area contributed by atoms with E-state index in [1.54, 1.807) is 24.4 Å². The lowest BCUT2D eigenvalue weighted by Crippen LogP contribution is -2.59. The number of hydrogen-bond acceptors (Lipinski definition) is 11. The van der Waals surface area contributed by atoms with Gasteiger partial charge in [-0.15, -0.1) is 23.5 Å². The smallest absolute Gasteiger partial charge is 0.245 e. The van der Waals surface area contributed by atoms with Crippen molar-refractivity contribution in [2.24, 2.45) is 0 Å². The summed E-state index contributed by atoms with van der Waals surface area (Å²) in [5.41, 5.74) is 3.16. The molecule has 0 aliphatic carbocycles. The second kappa shape index (κ2) is 22.2. The molecule has 1 aromatic heterocycles. The van der Waals surface area contributed by atoms with Crippen LogP contribution < -0.4 is 42.5 Å². The minimum atomic E-state index is -1.02. The Labute approximate surface area is 382 Å². The molecule has 15 nitrogen and oxygen atoms in total. The molecule has 6 rings (SSSR count). The average molecular weight is 908 g/mol. The standard InChI is InChI=1S/C47H57N9O6S2/c1-46(2)38(55-44(63-46)36(40(59)51-28-31-18-10-6-11-19-31)53-34(57)26-30-16-8-5-9-17-30)42(61)49-24-25-50-43(62)39-47(3,4)64-45(56-39)37(41(60)52-29-32-20-12-7-13-21-32)54-35(58)27-33-22-14-15-23-48-33/h5-23,36-39,44-45,55-56H,24-29H2,1-4H3,(H,49,61)(H,50,62)(H,51,59)(H,52,60)(H,53,57)(H,54,58)/t36?,37?,38-,39-,44+,45+/m0/s1. The lowest BCUT2D eigenvalue weighted by atomic mass is 10.0. The molecule has 6 amide bonds. The first-order valence-corrected chi connectivity index (χ1v) is 23.0. The van der Waals surface area contributed by atoms with E-state index in [1.807, 2.05) is 119 Å². The van der Waals surface area contributed by atoms with Crippen LogP contribution in [0.1, 0.15) is 50.1 Å². The summed E-state index contributed by atoms with van der Waals surface area (Å²) in [6.45, 7) is 8.34. The molecule has 64 heavy (non-hydrogen) atoms. The molecule has 3 heterocycles. The van der Waals surface area contributed by atoms with Gasteiger partial charge in [0, 0.05) is 47.6 Å². The Morgan fingerprint density at radius 1 is 0.547 bits per heavy atom. The number of amides is 6. The zero-order valence-electron chi connectivity index (χ0n) is 36.4. The third-order valence-electron chi connectivity index (χ3n) is 10.9. The molecular weight excluding hydrogens is 851 g/mol. The first kappa shape index (κ1) is 47.7. The maximum Gasteiger partial charge on any atom is 0.245 e. The molecule has 2 unspecified atom stereocenters. The van der Waals surface area contributed by atoms with E-state index < -0.39 is 50.3 Å². The van der Waals surface area contributed by atoms with Gasteiger partial charge in [0.25, 0.3) is 0 Å². The van der Waals surface area contributed by atoms with Gasteiger partial charge in [-0.3, -0.25) is 44.4 Å². The van der Waals surface area contributed by atoms with Crippen molar-refractivity contribution < 1.29 is 28.8 Å². The second-order valence-electron chi connectivity index (χ2n) is 16.7. The molecule has 2 fully saturated rings. The number of carbonyl (C=O) groups excluding carboxylic acids is 6. The Morgan fingerprint density at radius 3 is 1.38 bits per heavy atom. The summed E-state index contributed by atoms with van der Waals surface area (Å²) >= 11 is 2.78. The largest absolute Gasteiger partial charge is 0.353 e. The topological polar surface area (TPSA) is 212 Å². The van der Waals surface area contributed by atoms with Gasteiger partial charge in [0.15, 0.2) is 0 Å². The van der Waals surface area contributed by atoms with Crippen LogP contribution in [0.25, 0.3) is 0 Å². The van der Waals surface area contributed by atoms with Crippen LogP contribution in [-0.4, -0.2) is 97.9 Å². The zero-order valence-corrected chi connectivity index (χ0v) is 38.0. The molecule has 6 atom stereocenters. The molecule has 2 aliphatic heterocycles. The van der Waals surface area contributed by atoms with Crippen molar-refractivity contribution in [2.45, 2.75) is 98.0 Å². The SMILES string of the molecule is CC1(C)S[C@H](C(NC(=O)Cc2ccccc2)C(=O)NCc2ccccc2)N[C@H]1C(=O)NCCNC(=O)[C@@H]1N[C@@H](C(NC(=O)Cc2ccccn2)C(=O)NCc2ccccc2)SC1(C)C. The van der Waals surface area contributed by atoms with Crippen molar-refractivity contribution in [3.8, 4) is 0 Å².